The molecule has 1 amide bonds. The number of aromatic nitrogens is 2. The molecule has 7 nitrogen and oxygen atoms in total. The van der Waals surface area contributed by atoms with Crippen molar-refractivity contribution in [3.05, 3.63) is 69.8 Å². The first-order valence-electron chi connectivity index (χ1n) is 12.7. The second-order valence-electron chi connectivity index (χ2n) is 10.7. The Morgan fingerprint density at radius 1 is 1.13 bits per heavy atom. The van der Waals surface area contributed by atoms with E-state index < -0.39 is 17.3 Å². The summed E-state index contributed by atoms with van der Waals surface area (Å²) >= 11 is 1.36. The number of halogens is 3. The lowest BCUT2D eigenvalue weighted by atomic mass is 9.93. The third-order valence-electron chi connectivity index (χ3n) is 6.84. The molecule has 2 atom stereocenters. The molecule has 2 aliphatic heterocycles. The fraction of sp³-hybridized carbons (Fsp3) is 0.393. The van der Waals surface area contributed by atoms with Gasteiger partial charge in [-0.2, -0.15) is 23.3 Å². The minimum absolute atomic E-state index is 0.0564. The van der Waals surface area contributed by atoms with Crippen molar-refractivity contribution in [3.63, 3.8) is 0 Å². The first-order chi connectivity index (χ1) is 18.3. The SMILES string of the molecule is CC1CN(C2=NC(=O)C(=Cc3ccc4c(cnn4Cc4ccc(C(C)(C)O)cc4C(F)(F)F)c3)S2)CC(C)N1. The number of nitrogens with zero attached hydrogens (tertiary/aromatic N) is 4. The van der Waals surface area contributed by atoms with E-state index in [0.717, 1.165) is 30.1 Å². The lowest BCUT2D eigenvalue weighted by Gasteiger charge is -2.36. The molecule has 206 valence electrons. The Morgan fingerprint density at radius 3 is 2.51 bits per heavy atom. The summed E-state index contributed by atoms with van der Waals surface area (Å²) < 4.78 is 43.1. The van der Waals surface area contributed by atoms with Crippen molar-refractivity contribution in [2.75, 3.05) is 13.1 Å². The van der Waals surface area contributed by atoms with Gasteiger partial charge in [0.1, 0.15) is 0 Å². The maximum atomic E-state index is 13.9. The fourth-order valence-corrected chi connectivity index (χ4v) is 5.94. The normalized spacial score (nSPS) is 21.7. The monoisotopic (exact) mass is 557 g/mol. The molecule has 1 aromatic heterocycles. The number of nitrogens with one attached hydrogen (secondary N) is 1. The van der Waals surface area contributed by atoms with Gasteiger partial charge in [0.25, 0.3) is 5.91 Å². The maximum Gasteiger partial charge on any atom is 0.416 e. The van der Waals surface area contributed by atoms with Crippen LogP contribution in [0, 0.1) is 0 Å². The van der Waals surface area contributed by atoms with Crippen LogP contribution >= 0.6 is 11.8 Å². The van der Waals surface area contributed by atoms with Crippen molar-refractivity contribution in [3.8, 4) is 0 Å². The van der Waals surface area contributed by atoms with Crippen LogP contribution in [0.5, 0.6) is 0 Å². The average molecular weight is 558 g/mol. The smallest absolute Gasteiger partial charge is 0.386 e. The molecular formula is C28H30F3N5O2S. The minimum Gasteiger partial charge on any atom is -0.386 e. The van der Waals surface area contributed by atoms with Gasteiger partial charge in [-0.25, -0.2) is 0 Å². The van der Waals surface area contributed by atoms with Gasteiger partial charge in [0.05, 0.1) is 34.3 Å². The van der Waals surface area contributed by atoms with Gasteiger partial charge in [0, 0.05) is 30.6 Å². The number of aliphatic hydroxyl groups is 1. The van der Waals surface area contributed by atoms with Crippen LogP contribution in [-0.4, -0.2) is 56.0 Å². The molecule has 2 aromatic carbocycles. The van der Waals surface area contributed by atoms with Crippen LogP contribution in [0.25, 0.3) is 17.0 Å². The van der Waals surface area contributed by atoms with Crippen LogP contribution in [0.15, 0.2) is 52.5 Å². The molecule has 0 bridgehead atoms. The van der Waals surface area contributed by atoms with Crippen molar-refractivity contribution in [1.29, 1.82) is 0 Å². The number of hydrogen-bond donors (Lipinski definition) is 2. The van der Waals surface area contributed by atoms with Crippen molar-refractivity contribution in [1.82, 2.24) is 20.0 Å². The van der Waals surface area contributed by atoms with E-state index in [0.29, 0.717) is 27.7 Å². The fourth-order valence-electron chi connectivity index (χ4n) is 5.01. The second-order valence-corrected chi connectivity index (χ2v) is 11.7. The number of piperazine rings is 1. The molecule has 0 aliphatic carbocycles. The Bertz CT molecular complexity index is 1480. The summed E-state index contributed by atoms with van der Waals surface area (Å²) in [5, 5.41) is 19.4. The molecule has 3 heterocycles. The number of fused-ring (bicyclic) bond motifs is 1. The lowest BCUT2D eigenvalue weighted by molar-refractivity contribution is -0.138. The highest BCUT2D eigenvalue weighted by atomic mass is 32.2. The molecule has 2 unspecified atom stereocenters. The largest absolute Gasteiger partial charge is 0.416 e. The molecule has 0 radical (unpaired) electrons. The Morgan fingerprint density at radius 2 is 1.85 bits per heavy atom. The lowest BCUT2D eigenvalue weighted by Crippen LogP contribution is -2.55. The van der Waals surface area contributed by atoms with E-state index >= 15 is 0 Å². The highest BCUT2D eigenvalue weighted by Gasteiger charge is 2.35. The van der Waals surface area contributed by atoms with E-state index in [1.165, 1.54) is 42.4 Å². The number of amidine groups is 1. The summed E-state index contributed by atoms with van der Waals surface area (Å²) in [6.45, 7) is 8.57. The van der Waals surface area contributed by atoms with Crippen molar-refractivity contribution >= 4 is 39.8 Å². The van der Waals surface area contributed by atoms with E-state index in [1.54, 1.807) is 18.3 Å². The number of aliphatic imine (C=N–C) groups is 1. The second kappa shape index (κ2) is 10.1. The van der Waals surface area contributed by atoms with Crippen LogP contribution in [0.2, 0.25) is 0 Å². The topological polar surface area (TPSA) is 82.8 Å². The van der Waals surface area contributed by atoms with Gasteiger partial charge in [-0.3, -0.25) is 9.48 Å². The zero-order valence-electron chi connectivity index (χ0n) is 22.1. The third kappa shape index (κ3) is 5.90. The summed E-state index contributed by atoms with van der Waals surface area (Å²) in [6.07, 6.45) is -1.19. The molecule has 11 heteroatoms. The first kappa shape index (κ1) is 27.4. The molecule has 2 N–H and O–H groups in total. The van der Waals surface area contributed by atoms with Crippen molar-refractivity contribution in [2.24, 2.45) is 4.99 Å². The molecular weight excluding hydrogens is 527 g/mol. The van der Waals surface area contributed by atoms with E-state index in [9.17, 15) is 23.1 Å². The van der Waals surface area contributed by atoms with E-state index in [-0.39, 0.29) is 23.6 Å². The molecule has 5 rings (SSSR count). The van der Waals surface area contributed by atoms with Gasteiger partial charge >= 0.3 is 6.18 Å². The zero-order chi connectivity index (χ0) is 28.1. The zero-order valence-corrected chi connectivity index (χ0v) is 22.9. The maximum absolute atomic E-state index is 13.9. The number of alkyl halides is 3. The van der Waals surface area contributed by atoms with Gasteiger partial charge in [-0.05, 0) is 80.4 Å². The van der Waals surface area contributed by atoms with Gasteiger partial charge in [-0.1, -0.05) is 18.2 Å². The predicted molar refractivity (Wildman–Crippen MR) is 147 cm³/mol. The Balaban J connectivity index is 1.37. The minimum atomic E-state index is -4.58. The van der Waals surface area contributed by atoms with Crippen LogP contribution < -0.4 is 5.32 Å². The molecule has 3 aromatic rings. The van der Waals surface area contributed by atoms with Crippen LogP contribution in [0.4, 0.5) is 13.2 Å². The highest BCUT2D eigenvalue weighted by molar-refractivity contribution is 8.18. The predicted octanol–water partition coefficient (Wildman–Crippen LogP) is 4.98. The van der Waals surface area contributed by atoms with E-state index in [1.807, 2.05) is 12.1 Å². The summed E-state index contributed by atoms with van der Waals surface area (Å²) in [4.78, 5) is 19.5. The Labute approximate surface area is 228 Å². The van der Waals surface area contributed by atoms with Gasteiger partial charge in [-0.15, -0.1) is 0 Å². The molecule has 0 spiro atoms. The van der Waals surface area contributed by atoms with Gasteiger partial charge in [0.2, 0.25) is 0 Å². The number of hydrogen-bond acceptors (Lipinski definition) is 6. The Hall–Kier alpha value is -3.15. The summed E-state index contributed by atoms with van der Waals surface area (Å²) in [5.74, 6) is -0.279. The van der Waals surface area contributed by atoms with Crippen LogP contribution in [0.3, 0.4) is 0 Å². The summed E-state index contributed by atoms with van der Waals surface area (Å²) in [7, 11) is 0. The van der Waals surface area contributed by atoms with Gasteiger partial charge < -0.3 is 15.3 Å². The third-order valence-corrected chi connectivity index (χ3v) is 7.89. The number of thioether (sulfide) groups is 1. The number of carbonyl (C=O) groups excluding carboxylic acids is 1. The molecule has 0 saturated carbocycles. The molecule has 39 heavy (non-hydrogen) atoms. The van der Waals surface area contributed by atoms with Crippen LogP contribution in [-0.2, 0) is 23.1 Å². The standard InChI is InChI=1S/C28H30F3N5O2S/c1-16-13-35(14-17(2)33-16)26-34-25(37)24(39-26)10-18-5-8-23-20(9-18)12-32-36(23)15-19-6-7-21(27(3,4)38)11-22(19)28(29,30)31/h5-12,16-17,33,38H,13-15H2,1-4H3. The van der Waals surface area contributed by atoms with Crippen LogP contribution in [0.1, 0.15) is 49.9 Å². The first-order valence-corrected chi connectivity index (χ1v) is 13.5. The van der Waals surface area contributed by atoms with Gasteiger partial charge in [0.15, 0.2) is 5.17 Å². The van der Waals surface area contributed by atoms with Crippen molar-refractivity contribution in [2.45, 2.75) is 58.1 Å². The van der Waals surface area contributed by atoms with Crippen molar-refractivity contribution < 1.29 is 23.1 Å². The van der Waals surface area contributed by atoms with E-state index in [4.69, 9.17) is 0 Å². The molecule has 1 saturated heterocycles. The average Bonchev–Trinajstić information content (AvgIpc) is 3.40. The summed E-state index contributed by atoms with van der Waals surface area (Å²) in [5.41, 5.74) is -0.498. The Kier molecular flexibility index (Phi) is 7.11. The number of carbonyl (C=O) groups is 1. The molecule has 2 aliphatic rings. The summed E-state index contributed by atoms with van der Waals surface area (Å²) in [6, 6.07) is 9.96. The molecule has 1 fully saturated rings. The quantitative estimate of drug-likeness (QED) is 0.441. The number of amides is 1. The van der Waals surface area contributed by atoms with E-state index in [2.05, 4.69) is 34.2 Å². The number of rotatable bonds is 4. The highest BCUT2D eigenvalue weighted by Crippen LogP contribution is 2.36. The number of benzene rings is 2.